The fourth-order valence-corrected chi connectivity index (χ4v) is 4.48. The predicted molar refractivity (Wildman–Crippen MR) is 114 cm³/mol. The summed E-state index contributed by atoms with van der Waals surface area (Å²) in [4.78, 5) is 32.5. The predicted octanol–water partition coefficient (Wildman–Crippen LogP) is 3.43. The van der Waals surface area contributed by atoms with E-state index in [0.29, 0.717) is 16.2 Å². The molecule has 1 atom stereocenters. The Balaban J connectivity index is 1.53. The summed E-state index contributed by atoms with van der Waals surface area (Å²) in [6.07, 6.45) is 8.43. The van der Waals surface area contributed by atoms with Crippen molar-refractivity contribution in [2.24, 2.45) is 0 Å². The number of hydrogen-bond donors (Lipinski definition) is 2. The second-order valence-corrected chi connectivity index (χ2v) is 8.79. The fraction of sp³-hybridized carbons (Fsp3) is 0.429. The summed E-state index contributed by atoms with van der Waals surface area (Å²) in [6.45, 7) is 1.84. The van der Waals surface area contributed by atoms with E-state index < -0.39 is 0 Å². The van der Waals surface area contributed by atoms with Crippen molar-refractivity contribution in [3.63, 3.8) is 0 Å². The smallest absolute Gasteiger partial charge is 0.262 e. The first-order valence-electron chi connectivity index (χ1n) is 10.1. The summed E-state index contributed by atoms with van der Waals surface area (Å²) < 4.78 is 1.64. The van der Waals surface area contributed by atoms with Crippen molar-refractivity contribution in [3.05, 3.63) is 46.9 Å². The third-order valence-corrected chi connectivity index (χ3v) is 6.26. The Hall–Kier alpha value is -2.61. The number of amides is 1. The molecule has 3 aromatic rings. The van der Waals surface area contributed by atoms with Crippen molar-refractivity contribution in [2.75, 3.05) is 0 Å². The summed E-state index contributed by atoms with van der Waals surface area (Å²) in [5.41, 5.74) is 1.06. The standard InChI is InChI=1S/C21H25N5O2S/c1-14(19(27)23-15-9-5-2-3-6-10-15)29-21-24-18-17(20(28)25-21)13-22-26(18)16-11-7-4-8-12-16/h4,7-8,11-15H,2-3,5-6,9-10H2,1H3,(H,23,27)(H,24,25,28). The zero-order valence-electron chi connectivity index (χ0n) is 16.4. The van der Waals surface area contributed by atoms with Crippen LogP contribution < -0.4 is 10.9 Å². The van der Waals surface area contributed by atoms with Gasteiger partial charge in [0.25, 0.3) is 5.56 Å². The molecule has 1 fully saturated rings. The van der Waals surface area contributed by atoms with Crippen LogP contribution in [0.15, 0.2) is 46.5 Å². The maximum absolute atomic E-state index is 12.6. The SMILES string of the molecule is CC(Sc1nc2c(cnn2-c2ccccc2)c(=O)[nH]1)C(=O)NC1CCCCCC1. The number of aromatic nitrogens is 4. The van der Waals surface area contributed by atoms with E-state index in [9.17, 15) is 9.59 Å². The van der Waals surface area contributed by atoms with Gasteiger partial charge in [-0.3, -0.25) is 9.59 Å². The number of carbonyl (C=O) groups is 1. The van der Waals surface area contributed by atoms with Crippen LogP contribution in [0.3, 0.4) is 0 Å². The van der Waals surface area contributed by atoms with E-state index in [1.54, 1.807) is 4.68 Å². The maximum atomic E-state index is 12.6. The molecule has 0 saturated heterocycles. The molecule has 1 amide bonds. The van der Waals surface area contributed by atoms with Crippen LogP contribution in [-0.4, -0.2) is 36.9 Å². The first kappa shape index (κ1) is 19.7. The van der Waals surface area contributed by atoms with Gasteiger partial charge in [0.05, 0.1) is 17.1 Å². The molecule has 0 bridgehead atoms. The van der Waals surface area contributed by atoms with Crippen LogP contribution in [0.1, 0.15) is 45.4 Å². The van der Waals surface area contributed by atoms with Crippen LogP contribution >= 0.6 is 11.8 Å². The Bertz CT molecular complexity index is 1040. The van der Waals surface area contributed by atoms with Gasteiger partial charge in [-0.1, -0.05) is 55.6 Å². The molecule has 7 nitrogen and oxygen atoms in total. The van der Waals surface area contributed by atoms with Gasteiger partial charge < -0.3 is 10.3 Å². The lowest BCUT2D eigenvalue weighted by molar-refractivity contribution is -0.121. The van der Waals surface area contributed by atoms with Gasteiger partial charge in [-0.25, -0.2) is 9.67 Å². The normalized spacial score (nSPS) is 16.4. The average Bonchev–Trinajstić information content (AvgIpc) is 2.98. The number of rotatable bonds is 5. The van der Waals surface area contributed by atoms with Crippen LogP contribution in [0.4, 0.5) is 0 Å². The van der Waals surface area contributed by atoms with Gasteiger partial charge in [-0.2, -0.15) is 5.10 Å². The molecule has 1 saturated carbocycles. The molecule has 2 heterocycles. The van der Waals surface area contributed by atoms with Crippen LogP contribution in [0.2, 0.25) is 0 Å². The number of carbonyl (C=O) groups excluding carboxylic acids is 1. The van der Waals surface area contributed by atoms with Crippen LogP contribution in [-0.2, 0) is 4.79 Å². The van der Waals surface area contributed by atoms with Crippen molar-refractivity contribution in [1.29, 1.82) is 0 Å². The third-order valence-electron chi connectivity index (χ3n) is 5.28. The molecular formula is C21H25N5O2S. The van der Waals surface area contributed by atoms with Crippen molar-refractivity contribution in [3.8, 4) is 5.69 Å². The number of aromatic amines is 1. The van der Waals surface area contributed by atoms with Gasteiger partial charge in [0, 0.05) is 6.04 Å². The zero-order chi connectivity index (χ0) is 20.2. The van der Waals surface area contributed by atoms with Gasteiger partial charge in [0.2, 0.25) is 5.91 Å². The first-order valence-corrected chi connectivity index (χ1v) is 11.0. The van der Waals surface area contributed by atoms with Gasteiger partial charge >= 0.3 is 0 Å². The molecule has 29 heavy (non-hydrogen) atoms. The average molecular weight is 412 g/mol. The summed E-state index contributed by atoms with van der Waals surface area (Å²) in [7, 11) is 0. The topological polar surface area (TPSA) is 92.7 Å². The van der Waals surface area contributed by atoms with E-state index in [0.717, 1.165) is 18.5 Å². The van der Waals surface area contributed by atoms with Gasteiger partial charge in [0.1, 0.15) is 5.39 Å². The zero-order valence-corrected chi connectivity index (χ0v) is 17.2. The molecule has 152 valence electrons. The number of hydrogen-bond acceptors (Lipinski definition) is 5. The molecule has 2 N–H and O–H groups in total. The number of nitrogens with one attached hydrogen (secondary N) is 2. The van der Waals surface area contributed by atoms with Crippen molar-refractivity contribution < 1.29 is 4.79 Å². The highest BCUT2D eigenvalue weighted by Gasteiger charge is 2.21. The van der Waals surface area contributed by atoms with Gasteiger partial charge in [-0.05, 0) is 31.9 Å². The second-order valence-electron chi connectivity index (χ2n) is 7.46. The number of nitrogens with zero attached hydrogens (tertiary/aromatic N) is 3. The molecule has 1 aliphatic carbocycles. The fourth-order valence-electron chi connectivity index (χ4n) is 3.68. The van der Waals surface area contributed by atoms with Crippen molar-refractivity contribution >= 4 is 28.7 Å². The number of fused-ring (bicyclic) bond motifs is 1. The quantitative estimate of drug-likeness (QED) is 0.381. The molecule has 0 radical (unpaired) electrons. The van der Waals surface area contributed by atoms with Gasteiger partial charge in [0.15, 0.2) is 10.8 Å². The maximum Gasteiger partial charge on any atom is 0.262 e. The summed E-state index contributed by atoms with van der Waals surface area (Å²) in [5, 5.41) is 7.97. The van der Waals surface area contributed by atoms with Crippen molar-refractivity contribution in [1.82, 2.24) is 25.1 Å². The minimum atomic E-state index is -0.355. The largest absolute Gasteiger partial charge is 0.352 e. The van der Waals surface area contributed by atoms with E-state index in [4.69, 9.17) is 0 Å². The molecule has 4 rings (SSSR count). The second kappa shape index (κ2) is 8.82. The molecule has 1 aromatic carbocycles. The molecule has 8 heteroatoms. The van der Waals surface area contributed by atoms with Crippen LogP contribution in [0.25, 0.3) is 16.7 Å². The number of benzene rings is 1. The molecule has 2 aromatic heterocycles. The minimum Gasteiger partial charge on any atom is -0.352 e. The molecule has 0 aliphatic heterocycles. The van der Waals surface area contributed by atoms with Crippen LogP contribution in [0.5, 0.6) is 0 Å². The molecule has 1 unspecified atom stereocenters. The lowest BCUT2D eigenvalue weighted by Crippen LogP contribution is -2.39. The minimum absolute atomic E-state index is 0.0128. The van der Waals surface area contributed by atoms with Crippen molar-refractivity contribution in [2.45, 2.75) is 61.9 Å². The lowest BCUT2D eigenvalue weighted by atomic mass is 10.1. The number of thioether (sulfide) groups is 1. The Morgan fingerprint density at radius 1 is 1.21 bits per heavy atom. The summed E-state index contributed by atoms with van der Waals surface area (Å²) >= 11 is 1.26. The van der Waals surface area contributed by atoms with E-state index in [1.165, 1.54) is 43.6 Å². The van der Waals surface area contributed by atoms with E-state index >= 15 is 0 Å². The van der Waals surface area contributed by atoms with E-state index in [1.807, 2.05) is 37.3 Å². The Labute approximate surface area is 173 Å². The van der Waals surface area contributed by atoms with E-state index in [-0.39, 0.29) is 22.8 Å². The number of para-hydroxylation sites is 1. The highest BCUT2D eigenvalue weighted by molar-refractivity contribution is 8.00. The summed E-state index contributed by atoms with van der Waals surface area (Å²) in [5.74, 6) is -0.0128. The van der Waals surface area contributed by atoms with Gasteiger partial charge in [-0.15, -0.1) is 0 Å². The highest BCUT2D eigenvalue weighted by Crippen LogP contribution is 2.23. The highest BCUT2D eigenvalue weighted by atomic mass is 32.2. The monoisotopic (exact) mass is 411 g/mol. The lowest BCUT2D eigenvalue weighted by Gasteiger charge is -2.19. The number of H-pyrrole nitrogens is 1. The molecule has 0 spiro atoms. The Morgan fingerprint density at radius 2 is 1.93 bits per heavy atom. The van der Waals surface area contributed by atoms with Crippen LogP contribution in [0, 0.1) is 0 Å². The molecule has 1 aliphatic rings. The Morgan fingerprint density at radius 3 is 2.66 bits per heavy atom. The first-order chi connectivity index (χ1) is 14.1. The molecular weight excluding hydrogens is 386 g/mol. The summed E-state index contributed by atoms with van der Waals surface area (Å²) in [6, 6.07) is 9.81. The van der Waals surface area contributed by atoms with E-state index in [2.05, 4.69) is 20.4 Å². The third kappa shape index (κ3) is 4.53. The Kier molecular flexibility index (Phi) is 5.99.